The number of hydrogen-bond acceptors (Lipinski definition) is 2. The number of aromatic amines is 1. The summed E-state index contributed by atoms with van der Waals surface area (Å²) < 4.78 is 13.7. The van der Waals surface area contributed by atoms with Crippen molar-refractivity contribution in [1.29, 1.82) is 0 Å². The first-order valence-corrected chi connectivity index (χ1v) is 6.81. The Morgan fingerprint density at radius 3 is 2.79 bits per heavy atom. The molecule has 0 saturated heterocycles. The third-order valence-electron chi connectivity index (χ3n) is 2.63. The zero-order valence-corrected chi connectivity index (χ0v) is 12.3. The van der Waals surface area contributed by atoms with Crippen LogP contribution in [0.15, 0.2) is 33.5 Å². The fourth-order valence-corrected chi connectivity index (χ4v) is 2.15. The number of hydrogen-bond donors (Lipinski definition) is 1. The van der Waals surface area contributed by atoms with E-state index in [0.29, 0.717) is 33.9 Å². The second kappa shape index (κ2) is 5.65. The number of nitrogens with zero attached hydrogens (tertiary/aromatic N) is 1. The number of rotatable bonds is 3. The van der Waals surface area contributed by atoms with Crippen LogP contribution in [0.1, 0.15) is 19.5 Å². The molecule has 5 heteroatoms. The van der Waals surface area contributed by atoms with Crippen molar-refractivity contribution in [3.8, 4) is 11.4 Å². The van der Waals surface area contributed by atoms with Crippen molar-refractivity contribution in [1.82, 2.24) is 9.97 Å². The van der Waals surface area contributed by atoms with Crippen LogP contribution in [0.3, 0.4) is 0 Å². The van der Waals surface area contributed by atoms with E-state index in [1.54, 1.807) is 12.1 Å². The van der Waals surface area contributed by atoms with Crippen LogP contribution < -0.4 is 5.56 Å². The van der Waals surface area contributed by atoms with Crippen LogP contribution in [0.5, 0.6) is 0 Å². The summed E-state index contributed by atoms with van der Waals surface area (Å²) in [6, 6.07) is 6.02. The Hall–Kier alpha value is -1.49. The van der Waals surface area contributed by atoms with Crippen molar-refractivity contribution >= 4 is 15.9 Å². The Morgan fingerprint density at radius 2 is 2.16 bits per heavy atom. The maximum Gasteiger partial charge on any atom is 0.265 e. The molecule has 3 nitrogen and oxygen atoms in total. The van der Waals surface area contributed by atoms with Gasteiger partial charge in [0.15, 0.2) is 0 Å². The fourth-order valence-electron chi connectivity index (χ4n) is 1.80. The summed E-state index contributed by atoms with van der Waals surface area (Å²) in [7, 11) is 0. The summed E-state index contributed by atoms with van der Waals surface area (Å²) in [5, 5.41) is 0. The first-order chi connectivity index (χ1) is 8.97. The van der Waals surface area contributed by atoms with Crippen molar-refractivity contribution < 1.29 is 4.39 Å². The minimum Gasteiger partial charge on any atom is -0.306 e. The molecule has 19 heavy (non-hydrogen) atoms. The summed E-state index contributed by atoms with van der Waals surface area (Å²) >= 11 is 3.25. The van der Waals surface area contributed by atoms with Gasteiger partial charge in [0, 0.05) is 5.56 Å². The van der Waals surface area contributed by atoms with Crippen LogP contribution in [0.4, 0.5) is 4.39 Å². The minimum atomic E-state index is -0.353. The quantitative estimate of drug-likeness (QED) is 0.938. The molecule has 1 N–H and O–H groups in total. The fraction of sp³-hybridized carbons (Fsp3) is 0.286. The molecule has 0 spiro atoms. The van der Waals surface area contributed by atoms with E-state index in [0.717, 1.165) is 0 Å². The molecular weight excluding hydrogens is 311 g/mol. The molecule has 0 saturated carbocycles. The lowest BCUT2D eigenvalue weighted by Crippen LogP contribution is -2.15. The smallest absolute Gasteiger partial charge is 0.265 e. The Morgan fingerprint density at radius 1 is 1.42 bits per heavy atom. The predicted molar refractivity (Wildman–Crippen MR) is 76.5 cm³/mol. The van der Waals surface area contributed by atoms with Gasteiger partial charge in [0.2, 0.25) is 0 Å². The van der Waals surface area contributed by atoms with Gasteiger partial charge in [-0.2, -0.15) is 0 Å². The molecule has 0 aliphatic carbocycles. The topological polar surface area (TPSA) is 45.8 Å². The van der Waals surface area contributed by atoms with Gasteiger partial charge < -0.3 is 4.98 Å². The number of nitrogens with one attached hydrogen (secondary N) is 1. The number of halogens is 2. The van der Waals surface area contributed by atoms with Gasteiger partial charge in [0.05, 0.1) is 5.69 Å². The van der Waals surface area contributed by atoms with Crippen LogP contribution in [0, 0.1) is 11.7 Å². The van der Waals surface area contributed by atoms with E-state index >= 15 is 0 Å². The SMILES string of the molecule is CC(C)Cc1nc(-c2cccc(F)c2)[nH]c(=O)c1Br. The second-order valence-electron chi connectivity index (χ2n) is 4.78. The Kier molecular flexibility index (Phi) is 4.14. The Labute approximate surface area is 119 Å². The number of H-pyrrole nitrogens is 1. The predicted octanol–water partition coefficient (Wildman–Crippen LogP) is 3.54. The van der Waals surface area contributed by atoms with Gasteiger partial charge in [0.1, 0.15) is 16.1 Å². The average molecular weight is 325 g/mol. The van der Waals surface area contributed by atoms with Gasteiger partial charge in [-0.25, -0.2) is 9.37 Å². The summed E-state index contributed by atoms with van der Waals surface area (Å²) in [5.74, 6) is 0.419. The van der Waals surface area contributed by atoms with Gasteiger partial charge in [-0.15, -0.1) is 0 Å². The van der Waals surface area contributed by atoms with Crippen molar-refractivity contribution in [2.75, 3.05) is 0 Å². The second-order valence-corrected chi connectivity index (χ2v) is 5.58. The van der Waals surface area contributed by atoms with E-state index in [9.17, 15) is 9.18 Å². The van der Waals surface area contributed by atoms with Crippen molar-refractivity contribution in [3.63, 3.8) is 0 Å². The van der Waals surface area contributed by atoms with E-state index < -0.39 is 0 Å². The van der Waals surface area contributed by atoms with Gasteiger partial charge in [-0.3, -0.25) is 4.79 Å². The Balaban J connectivity index is 2.53. The van der Waals surface area contributed by atoms with E-state index in [2.05, 4.69) is 39.7 Å². The number of benzene rings is 1. The highest BCUT2D eigenvalue weighted by molar-refractivity contribution is 9.10. The lowest BCUT2D eigenvalue weighted by molar-refractivity contribution is 0.626. The minimum absolute atomic E-state index is 0.245. The normalized spacial score (nSPS) is 11.0. The molecule has 0 atom stereocenters. The van der Waals surface area contributed by atoms with E-state index in [1.165, 1.54) is 12.1 Å². The molecule has 0 aliphatic heterocycles. The standard InChI is InChI=1S/C14H14BrFN2O/c1-8(2)6-11-12(15)14(19)18-13(17-11)9-4-3-5-10(16)7-9/h3-5,7-8H,6H2,1-2H3,(H,17,18,19). The first kappa shape index (κ1) is 13.9. The van der Waals surface area contributed by atoms with E-state index in [1.807, 2.05) is 0 Å². The molecule has 0 amide bonds. The maximum absolute atomic E-state index is 13.2. The van der Waals surface area contributed by atoms with Crippen molar-refractivity contribution in [3.05, 3.63) is 50.6 Å². The molecule has 1 aromatic heterocycles. The van der Waals surface area contributed by atoms with E-state index in [4.69, 9.17) is 0 Å². The molecule has 0 aliphatic rings. The molecule has 0 bridgehead atoms. The zero-order chi connectivity index (χ0) is 14.0. The molecule has 1 heterocycles. The molecular formula is C14H14BrFN2O. The molecule has 0 radical (unpaired) electrons. The van der Waals surface area contributed by atoms with Gasteiger partial charge in [-0.1, -0.05) is 26.0 Å². The van der Waals surface area contributed by atoms with Crippen LogP contribution in [0.2, 0.25) is 0 Å². The molecule has 100 valence electrons. The van der Waals surface area contributed by atoms with Crippen molar-refractivity contribution in [2.45, 2.75) is 20.3 Å². The molecule has 0 fully saturated rings. The van der Waals surface area contributed by atoms with Crippen molar-refractivity contribution in [2.24, 2.45) is 5.92 Å². The molecule has 0 unspecified atom stereocenters. The molecule has 2 rings (SSSR count). The summed E-state index contributed by atoms with van der Waals surface area (Å²) in [6.45, 7) is 4.11. The highest BCUT2D eigenvalue weighted by Gasteiger charge is 2.12. The summed E-state index contributed by atoms with van der Waals surface area (Å²) in [4.78, 5) is 18.9. The molecule has 1 aromatic carbocycles. The summed E-state index contributed by atoms with van der Waals surface area (Å²) in [5.41, 5.74) is 1.01. The van der Waals surface area contributed by atoms with Gasteiger partial charge in [0.25, 0.3) is 5.56 Å². The Bertz CT molecular complexity index is 652. The summed E-state index contributed by atoms with van der Waals surface area (Å²) in [6.07, 6.45) is 0.687. The van der Waals surface area contributed by atoms with Gasteiger partial charge >= 0.3 is 0 Å². The third kappa shape index (κ3) is 3.29. The first-order valence-electron chi connectivity index (χ1n) is 6.02. The monoisotopic (exact) mass is 324 g/mol. The highest BCUT2D eigenvalue weighted by atomic mass is 79.9. The highest BCUT2D eigenvalue weighted by Crippen LogP contribution is 2.19. The maximum atomic E-state index is 13.2. The largest absolute Gasteiger partial charge is 0.306 e. The van der Waals surface area contributed by atoms with E-state index in [-0.39, 0.29) is 11.4 Å². The van der Waals surface area contributed by atoms with Crippen LogP contribution >= 0.6 is 15.9 Å². The number of aromatic nitrogens is 2. The molecule has 2 aromatic rings. The lowest BCUT2D eigenvalue weighted by Gasteiger charge is -2.08. The zero-order valence-electron chi connectivity index (χ0n) is 10.7. The lowest BCUT2D eigenvalue weighted by atomic mass is 10.1. The van der Waals surface area contributed by atoms with Crippen LogP contribution in [-0.4, -0.2) is 9.97 Å². The van der Waals surface area contributed by atoms with Crippen LogP contribution in [-0.2, 0) is 6.42 Å². The third-order valence-corrected chi connectivity index (χ3v) is 3.45. The van der Waals surface area contributed by atoms with Crippen LogP contribution in [0.25, 0.3) is 11.4 Å². The van der Waals surface area contributed by atoms with Gasteiger partial charge in [-0.05, 0) is 40.4 Å². The average Bonchev–Trinajstić information content (AvgIpc) is 2.34.